The lowest BCUT2D eigenvalue weighted by Gasteiger charge is -2.29. The molecule has 0 saturated heterocycles. The first-order valence-corrected chi connectivity index (χ1v) is 15.5. The zero-order valence-electron chi connectivity index (χ0n) is 24.7. The molecule has 0 bridgehead atoms. The van der Waals surface area contributed by atoms with Crippen LogP contribution in [0.1, 0.15) is 35.1 Å². The van der Waals surface area contributed by atoms with E-state index in [1.54, 1.807) is 0 Å². The van der Waals surface area contributed by atoms with Crippen molar-refractivity contribution in [2.45, 2.75) is 31.7 Å². The van der Waals surface area contributed by atoms with Crippen molar-refractivity contribution in [1.29, 1.82) is 0 Å². The average Bonchev–Trinajstić information content (AvgIpc) is 3.47. The molecule has 2 aliphatic rings. The van der Waals surface area contributed by atoms with Gasteiger partial charge in [0.2, 0.25) is 23.1 Å². The fraction of sp³-hybridized carbons (Fsp3) is 0.122. The molecule has 0 fully saturated rings. The largest absolute Gasteiger partial charge is 0.455 e. The molecule has 210 valence electrons. The third-order valence-electron chi connectivity index (χ3n) is 9.84. The van der Waals surface area contributed by atoms with Crippen LogP contribution in [0.4, 0.5) is 0 Å². The highest BCUT2D eigenvalue weighted by Crippen LogP contribution is 2.46. The van der Waals surface area contributed by atoms with Gasteiger partial charge in [0.25, 0.3) is 0 Å². The third-order valence-corrected chi connectivity index (χ3v) is 9.84. The number of benzene rings is 4. The molecular weight excluding hydrogens is 536 g/mol. The molecule has 2 unspecified atom stereocenters. The highest BCUT2D eigenvalue weighted by Gasteiger charge is 2.47. The molecule has 5 heterocycles. The lowest BCUT2D eigenvalue weighted by molar-refractivity contribution is -0.727. The number of allylic oxidation sites excluding steroid dienone is 1. The Kier molecular flexibility index (Phi) is 5.52. The molecule has 0 N–H and O–H groups in total. The second-order valence-electron chi connectivity index (χ2n) is 12.2. The Morgan fingerprint density at radius 1 is 0.750 bits per heavy atom. The number of pyridine rings is 2. The molecule has 3 aromatic heterocycles. The molecule has 7 aromatic rings. The number of fused-ring (bicyclic) bond motifs is 13. The van der Waals surface area contributed by atoms with Gasteiger partial charge in [-0.25, -0.2) is 0 Å². The normalized spacial score (nSPS) is 17.1. The molecule has 4 aromatic carbocycles. The summed E-state index contributed by atoms with van der Waals surface area (Å²) in [5, 5.41) is 2.30. The summed E-state index contributed by atoms with van der Waals surface area (Å²) in [4.78, 5) is 0. The Morgan fingerprint density at radius 2 is 1.55 bits per heavy atom. The quantitative estimate of drug-likeness (QED) is 0.181. The van der Waals surface area contributed by atoms with Gasteiger partial charge in [-0.1, -0.05) is 78.9 Å². The Labute approximate surface area is 257 Å². The van der Waals surface area contributed by atoms with Gasteiger partial charge in [-0.3, -0.25) is 0 Å². The summed E-state index contributed by atoms with van der Waals surface area (Å²) >= 11 is 0. The molecule has 3 nitrogen and oxygen atoms in total. The van der Waals surface area contributed by atoms with E-state index in [0.29, 0.717) is 0 Å². The van der Waals surface area contributed by atoms with Crippen molar-refractivity contribution in [3.05, 3.63) is 151 Å². The number of hydrogen-bond acceptors (Lipinski definition) is 1. The van der Waals surface area contributed by atoms with Gasteiger partial charge in [0.1, 0.15) is 11.2 Å². The fourth-order valence-corrected chi connectivity index (χ4v) is 7.83. The van der Waals surface area contributed by atoms with Crippen LogP contribution in [0.2, 0.25) is 0 Å². The van der Waals surface area contributed by atoms with Crippen LogP contribution in [0.3, 0.4) is 0 Å². The summed E-state index contributed by atoms with van der Waals surface area (Å²) in [6.07, 6.45) is 6.47. The van der Waals surface area contributed by atoms with Crippen LogP contribution in [-0.4, -0.2) is 0 Å². The zero-order valence-corrected chi connectivity index (χ0v) is 24.7. The molecule has 2 atom stereocenters. The van der Waals surface area contributed by atoms with E-state index in [9.17, 15) is 0 Å². The number of nitrogens with zero attached hydrogens (tertiary/aromatic N) is 2. The summed E-state index contributed by atoms with van der Waals surface area (Å²) in [6.45, 7) is 7.12. The Hall–Kier alpha value is -5.28. The average molecular weight is 569 g/mol. The van der Waals surface area contributed by atoms with E-state index in [-0.39, 0.29) is 12.0 Å². The predicted molar refractivity (Wildman–Crippen MR) is 177 cm³/mol. The number of aryl methyl sites for hydroxylation is 2. The molecular formula is C41H32N2O+2. The maximum absolute atomic E-state index is 6.74. The van der Waals surface area contributed by atoms with Gasteiger partial charge in [0, 0.05) is 40.1 Å². The molecule has 0 spiro atoms. The van der Waals surface area contributed by atoms with Gasteiger partial charge in [-0.15, -0.1) is 0 Å². The summed E-state index contributed by atoms with van der Waals surface area (Å²) in [6, 6.07) is 41.6. The zero-order chi connectivity index (χ0) is 29.4. The summed E-state index contributed by atoms with van der Waals surface area (Å²) < 4.78 is 11.6. The van der Waals surface area contributed by atoms with Crippen LogP contribution in [0.15, 0.2) is 139 Å². The Bertz CT molecular complexity index is 2280. The van der Waals surface area contributed by atoms with E-state index >= 15 is 0 Å². The summed E-state index contributed by atoms with van der Waals surface area (Å²) in [7, 11) is 0. The van der Waals surface area contributed by atoms with Gasteiger partial charge in [-0.2, -0.15) is 9.13 Å². The van der Waals surface area contributed by atoms with Crippen LogP contribution < -0.4 is 9.13 Å². The second-order valence-corrected chi connectivity index (χ2v) is 12.2. The van der Waals surface area contributed by atoms with Crippen LogP contribution in [0.5, 0.6) is 0 Å². The van der Waals surface area contributed by atoms with E-state index in [0.717, 1.165) is 46.2 Å². The SMILES string of the molecule is C=C1C2C(CCc3ccc4c(oc5ccccc54)c3-c3cc(-c4ccccc4)c(C)c[n+]31)c1ccccc1-c1cccc[n+]12. The van der Waals surface area contributed by atoms with Crippen molar-refractivity contribution in [2.75, 3.05) is 0 Å². The van der Waals surface area contributed by atoms with Gasteiger partial charge in [0.05, 0.1) is 11.5 Å². The smallest absolute Gasteiger partial charge is 0.249 e. The van der Waals surface area contributed by atoms with E-state index < -0.39 is 0 Å². The number of furan rings is 1. The molecule has 9 rings (SSSR count). The lowest BCUT2D eigenvalue weighted by atomic mass is 9.78. The van der Waals surface area contributed by atoms with Crippen molar-refractivity contribution >= 4 is 27.6 Å². The lowest BCUT2D eigenvalue weighted by Crippen LogP contribution is -2.53. The molecule has 0 amide bonds. The van der Waals surface area contributed by atoms with Crippen LogP contribution in [0.25, 0.3) is 61.3 Å². The van der Waals surface area contributed by atoms with Gasteiger partial charge in [0.15, 0.2) is 12.4 Å². The predicted octanol–water partition coefficient (Wildman–Crippen LogP) is 9.23. The van der Waals surface area contributed by atoms with E-state index in [4.69, 9.17) is 11.0 Å². The number of hydrogen-bond donors (Lipinski definition) is 0. The number of aromatic nitrogens is 2. The van der Waals surface area contributed by atoms with E-state index in [1.807, 2.05) is 0 Å². The van der Waals surface area contributed by atoms with Gasteiger partial charge >= 0.3 is 0 Å². The second kappa shape index (κ2) is 9.62. The first-order valence-electron chi connectivity index (χ1n) is 15.5. The van der Waals surface area contributed by atoms with E-state index in [1.165, 1.54) is 44.6 Å². The fourth-order valence-electron chi connectivity index (χ4n) is 7.83. The molecule has 0 aliphatic carbocycles. The number of rotatable bonds is 1. The standard InChI is InChI=1S/C41H32N2O/c1-26-25-43-27(2)40-33(30-14-6-7-15-31(30)36-17-10-11-23-42(36)40)21-19-29-20-22-34-32-16-8-9-18-38(32)44-41(34)39(29)37(43)24-35(26)28-12-4-3-5-13-28/h3-18,20,22-25,33,40H,2,19,21H2,1H3/q+2. The van der Waals surface area contributed by atoms with Gasteiger partial charge < -0.3 is 4.42 Å². The van der Waals surface area contributed by atoms with Crippen molar-refractivity contribution in [1.82, 2.24) is 0 Å². The Balaban J connectivity index is 1.38. The first kappa shape index (κ1) is 25.2. The van der Waals surface area contributed by atoms with E-state index in [2.05, 4.69) is 144 Å². The summed E-state index contributed by atoms with van der Waals surface area (Å²) in [5.41, 5.74) is 14.1. The molecule has 44 heavy (non-hydrogen) atoms. The first-order chi connectivity index (χ1) is 21.7. The van der Waals surface area contributed by atoms with Gasteiger partial charge in [-0.05, 0) is 66.8 Å². The van der Waals surface area contributed by atoms with Crippen molar-refractivity contribution in [3.8, 4) is 33.6 Å². The number of para-hydroxylation sites is 1. The van der Waals surface area contributed by atoms with Crippen molar-refractivity contribution < 1.29 is 13.6 Å². The minimum Gasteiger partial charge on any atom is -0.455 e. The summed E-state index contributed by atoms with van der Waals surface area (Å²) in [5.74, 6) is 0.269. The maximum atomic E-state index is 6.74. The van der Waals surface area contributed by atoms with Crippen LogP contribution >= 0.6 is 0 Å². The molecule has 2 aliphatic heterocycles. The Morgan fingerprint density at radius 3 is 2.45 bits per heavy atom. The van der Waals surface area contributed by atoms with Crippen LogP contribution in [-0.2, 0) is 6.42 Å². The monoisotopic (exact) mass is 568 g/mol. The molecule has 0 saturated carbocycles. The topological polar surface area (TPSA) is 20.9 Å². The van der Waals surface area contributed by atoms with Crippen molar-refractivity contribution in [3.63, 3.8) is 0 Å². The minimum absolute atomic E-state index is 0.0623. The van der Waals surface area contributed by atoms with Crippen LogP contribution in [0, 0.1) is 6.92 Å². The highest BCUT2D eigenvalue weighted by molar-refractivity contribution is 6.10. The minimum atomic E-state index is 0.0623. The molecule has 0 radical (unpaired) electrons. The maximum Gasteiger partial charge on any atom is 0.249 e. The molecule has 3 heteroatoms. The van der Waals surface area contributed by atoms with Crippen molar-refractivity contribution in [2.24, 2.45) is 0 Å². The third kappa shape index (κ3) is 3.62. The highest BCUT2D eigenvalue weighted by atomic mass is 16.3.